The van der Waals surface area contributed by atoms with E-state index in [4.69, 9.17) is 5.26 Å². The standard InChI is InChI=1S/C6H6.C2H4NO2.CN.Al/c1-2-4-6-5-3-1;3-1-2(4)5;1-2;/h1-6H;3H,1H2,(H,4,5);;/q;-1;;+2/p-1. The largest absolute Gasteiger partial charge is 0.809 e. The molecule has 0 bridgehead atoms. The van der Waals surface area contributed by atoms with Crippen LogP contribution in [0.25, 0.3) is 0 Å². The van der Waals surface area contributed by atoms with Crippen molar-refractivity contribution in [3.05, 3.63) is 36.4 Å². The first-order chi connectivity index (χ1) is 6.83. The van der Waals surface area contributed by atoms with Crippen molar-refractivity contribution >= 4 is 20.7 Å². The van der Waals surface area contributed by atoms with Gasteiger partial charge in [0.2, 0.25) is 0 Å². The highest BCUT2D eigenvalue weighted by atomic mass is 27.2. The number of nitriles is 1. The molecule has 0 aromatic heterocycles. The zero-order valence-electron chi connectivity index (χ0n) is 7.51. The Morgan fingerprint density at radius 3 is 2.00 bits per heavy atom. The maximum Gasteiger partial charge on any atom is 0.809 e. The molecule has 0 unspecified atom stereocenters. The Morgan fingerprint density at radius 1 is 1.29 bits per heavy atom. The SMILES string of the molecule is N#[C][Al]1[NH]CC(=O)[O]1.c1ccccc1. The minimum absolute atomic E-state index is 0.213. The van der Waals surface area contributed by atoms with Crippen molar-refractivity contribution in [2.24, 2.45) is 0 Å². The molecule has 0 saturated carbocycles. The molecule has 2 rings (SSSR count). The topological polar surface area (TPSA) is 62.1 Å². The summed E-state index contributed by atoms with van der Waals surface area (Å²) >= 11 is -1.91. The molecule has 5 heteroatoms. The lowest BCUT2D eigenvalue weighted by molar-refractivity contribution is -0.131. The third kappa shape index (κ3) is 4.07. The van der Waals surface area contributed by atoms with Gasteiger partial charge in [-0.15, -0.1) is 0 Å². The fourth-order valence-corrected chi connectivity index (χ4v) is 1.77. The van der Waals surface area contributed by atoms with E-state index in [1.807, 2.05) is 41.3 Å². The highest BCUT2D eigenvalue weighted by Gasteiger charge is 2.35. The van der Waals surface area contributed by atoms with Gasteiger partial charge < -0.3 is 8.09 Å². The summed E-state index contributed by atoms with van der Waals surface area (Å²) in [6.45, 7) is 0.213. The van der Waals surface area contributed by atoms with Gasteiger partial charge in [-0.05, 0) is 0 Å². The number of hydrogen-bond donors (Lipinski definition) is 1. The highest BCUT2D eigenvalue weighted by Crippen LogP contribution is 1.88. The summed E-state index contributed by atoms with van der Waals surface area (Å²) in [5.74, 6) is -0.303. The Morgan fingerprint density at radius 2 is 1.79 bits per heavy atom. The molecule has 1 fully saturated rings. The number of hydrogen-bond acceptors (Lipinski definition) is 4. The van der Waals surface area contributed by atoms with Gasteiger partial charge in [0.25, 0.3) is 5.97 Å². The van der Waals surface area contributed by atoms with Crippen LogP contribution in [0.4, 0.5) is 0 Å². The molecule has 1 aliphatic heterocycles. The third-order valence-electron chi connectivity index (χ3n) is 1.47. The molecule has 4 nitrogen and oxygen atoms in total. The summed E-state index contributed by atoms with van der Waals surface area (Å²) in [6, 6.07) is 12.0. The molecule has 0 radical (unpaired) electrons. The lowest BCUT2D eigenvalue weighted by Gasteiger charge is -1.86. The van der Waals surface area contributed by atoms with E-state index in [1.54, 1.807) is 0 Å². The van der Waals surface area contributed by atoms with Crippen molar-refractivity contribution in [1.29, 1.82) is 5.26 Å². The van der Waals surface area contributed by atoms with E-state index in [-0.39, 0.29) is 12.5 Å². The fourth-order valence-electron chi connectivity index (χ4n) is 0.848. The molecule has 1 N–H and O–H groups in total. The monoisotopic (exact) mass is 204 g/mol. The molecule has 0 spiro atoms. The summed E-state index contributed by atoms with van der Waals surface area (Å²) in [4.78, 5) is 12.1. The summed E-state index contributed by atoms with van der Waals surface area (Å²) < 4.78 is 7.20. The highest BCUT2D eigenvalue weighted by molar-refractivity contribution is 6.61. The molecule has 0 amide bonds. The van der Waals surface area contributed by atoms with Gasteiger partial charge in [-0.1, -0.05) is 36.4 Å². The number of rotatable bonds is 0. The zero-order valence-corrected chi connectivity index (χ0v) is 8.67. The maximum atomic E-state index is 10.2. The lowest BCUT2D eigenvalue weighted by atomic mass is 10.4. The van der Waals surface area contributed by atoms with Crippen LogP contribution in [0.1, 0.15) is 0 Å². The molecule has 14 heavy (non-hydrogen) atoms. The van der Waals surface area contributed by atoms with Crippen LogP contribution < -0.4 is 4.30 Å². The minimum Gasteiger partial charge on any atom is -0.593 e. The van der Waals surface area contributed by atoms with E-state index in [1.165, 1.54) is 0 Å². The van der Waals surface area contributed by atoms with Gasteiger partial charge in [-0.3, -0.25) is 4.79 Å². The second-order valence-corrected chi connectivity index (χ2v) is 4.20. The van der Waals surface area contributed by atoms with Crippen molar-refractivity contribution in [2.75, 3.05) is 6.54 Å². The Labute approximate surface area is 87.0 Å². The Bertz CT molecular complexity index is 297. The zero-order chi connectivity index (χ0) is 10.2. The van der Waals surface area contributed by atoms with E-state index in [0.29, 0.717) is 0 Å². The second-order valence-electron chi connectivity index (χ2n) is 2.53. The van der Waals surface area contributed by atoms with Gasteiger partial charge >= 0.3 is 14.7 Å². The first-order valence-electron chi connectivity index (χ1n) is 4.15. The van der Waals surface area contributed by atoms with Gasteiger partial charge in [0.1, 0.15) is 0 Å². The fraction of sp³-hybridized carbons (Fsp3) is 0.111. The number of carbonyl (C=O) groups excluding carboxylic acids is 1. The summed E-state index contributed by atoms with van der Waals surface area (Å²) in [5.41, 5.74) is 0. The summed E-state index contributed by atoms with van der Waals surface area (Å²) in [7, 11) is 0. The molecule has 1 heterocycles. The predicted molar refractivity (Wildman–Crippen MR) is 51.9 cm³/mol. The average molecular weight is 204 g/mol. The van der Waals surface area contributed by atoms with Crippen LogP contribution in [0, 0.1) is 10.2 Å². The molecule has 1 aromatic rings. The Kier molecular flexibility index (Phi) is 4.74. The second kappa shape index (κ2) is 6.18. The van der Waals surface area contributed by atoms with Gasteiger partial charge in [0.15, 0.2) is 0 Å². The van der Waals surface area contributed by atoms with Gasteiger partial charge in [-0.25, -0.2) is 5.26 Å². The minimum atomic E-state index is -1.91. The first kappa shape index (κ1) is 10.8. The van der Waals surface area contributed by atoms with Crippen LogP contribution in [-0.4, -0.2) is 27.2 Å². The van der Waals surface area contributed by atoms with Crippen LogP contribution in [0.3, 0.4) is 0 Å². The first-order valence-corrected chi connectivity index (χ1v) is 5.78. The number of carbonyl (C=O) groups is 1. The van der Waals surface area contributed by atoms with Gasteiger partial charge in [0, 0.05) is 4.93 Å². The van der Waals surface area contributed by atoms with Gasteiger partial charge in [-0.2, -0.15) is 0 Å². The molecule has 1 saturated heterocycles. The maximum absolute atomic E-state index is 10.2. The van der Waals surface area contributed by atoms with Gasteiger partial charge in [0.05, 0.1) is 6.54 Å². The third-order valence-corrected chi connectivity index (χ3v) is 2.77. The summed E-state index contributed by atoms with van der Waals surface area (Å²) in [5, 5.41) is 8.16. The molecule has 1 aliphatic rings. The van der Waals surface area contributed by atoms with Crippen molar-refractivity contribution in [3.8, 4) is 4.93 Å². The van der Waals surface area contributed by atoms with Crippen LogP contribution in [0.5, 0.6) is 0 Å². The molecular weight excluding hydrogens is 195 g/mol. The van der Waals surface area contributed by atoms with Crippen molar-refractivity contribution in [3.63, 3.8) is 0 Å². The Balaban J connectivity index is 0.000000146. The smallest absolute Gasteiger partial charge is 0.593 e. The predicted octanol–water partition coefficient (Wildman–Crippen LogP) is 0.370. The van der Waals surface area contributed by atoms with Crippen LogP contribution >= 0.6 is 0 Å². The van der Waals surface area contributed by atoms with E-state index in [9.17, 15) is 4.79 Å². The lowest BCUT2D eigenvalue weighted by Crippen LogP contribution is -2.26. The van der Waals surface area contributed by atoms with Crippen molar-refractivity contribution in [1.82, 2.24) is 4.30 Å². The van der Waals surface area contributed by atoms with E-state index < -0.39 is 14.7 Å². The molecule has 0 atom stereocenters. The average Bonchev–Trinajstić information content (AvgIpc) is 2.68. The Hall–Kier alpha value is -1.33. The normalized spacial score (nSPS) is 13.6. The number of nitrogens with zero attached hydrogens (tertiary/aromatic N) is 1. The molecular formula is C9H9AlN2O2. The van der Waals surface area contributed by atoms with E-state index in [2.05, 4.69) is 8.09 Å². The van der Waals surface area contributed by atoms with Crippen LogP contribution in [0.2, 0.25) is 0 Å². The molecule has 70 valence electrons. The quantitative estimate of drug-likeness (QED) is 0.620. The van der Waals surface area contributed by atoms with E-state index >= 15 is 0 Å². The van der Waals surface area contributed by atoms with Crippen molar-refractivity contribution in [2.45, 2.75) is 0 Å². The number of nitrogens with one attached hydrogen (secondary N) is 1. The van der Waals surface area contributed by atoms with Crippen LogP contribution in [-0.2, 0) is 8.58 Å². The van der Waals surface area contributed by atoms with E-state index in [0.717, 1.165) is 0 Å². The molecule has 1 aromatic carbocycles. The van der Waals surface area contributed by atoms with Crippen molar-refractivity contribution < 1.29 is 8.58 Å². The van der Waals surface area contributed by atoms with Crippen LogP contribution in [0.15, 0.2) is 36.4 Å². The summed E-state index contributed by atoms with van der Waals surface area (Å²) in [6.07, 6.45) is 0. The number of benzene rings is 1. The molecule has 0 aliphatic carbocycles.